The summed E-state index contributed by atoms with van der Waals surface area (Å²) in [7, 11) is 1.37. The molecule has 0 aliphatic heterocycles. The highest BCUT2D eigenvalue weighted by Gasteiger charge is 2.11. The Morgan fingerprint density at radius 2 is 2.31 bits per heavy atom. The van der Waals surface area contributed by atoms with E-state index in [-0.39, 0.29) is 5.97 Å². The van der Waals surface area contributed by atoms with Crippen LogP contribution in [0.3, 0.4) is 0 Å². The Morgan fingerprint density at radius 1 is 1.56 bits per heavy atom. The molecular formula is C11H11ClN2O2. The van der Waals surface area contributed by atoms with Crippen LogP contribution in [0.15, 0.2) is 18.5 Å². The Hall–Kier alpha value is -1.55. The van der Waals surface area contributed by atoms with E-state index in [0.29, 0.717) is 11.4 Å². The number of halogens is 1. The maximum Gasteiger partial charge on any atom is 0.339 e. The maximum absolute atomic E-state index is 11.5. The van der Waals surface area contributed by atoms with Crippen LogP contribution in [0.4, 0.5) is 0 Å². The second-order valence-electron chi connectivity index (χ2n) is 3.49. The summed E-state index contributed by atoms with van der Waals surface area (Å²) >= 11 is 5.70. The Morgan fingerprint density at radius 3 is 2.94 bits per heavy atom. The van der Waals surface area contributed by atoms with Gasteiger partial charge in [0.2, 0.25) is 0 Å². The Bertz CT molecular complexity index is 548. The number of carbonyl (C=O) groups excluding carboxylic acids is 1. The molecule has 0 spiro atoms. The van der Waals surface area contributed by atoms with E-state index in [0.717, 1.165) is 16.9 Å². The van der Waals surface area contributed by atoms with Gasteiger partial charge >= 0.3 is 5.97 Å². The Kier molecular flexibility index (Phi) is 2.83. The van der Waals surface area contributed by atoms with Gasteiger partial charge in [0.15, 0.2) is 0 Å². The van der Waals surface area contributed by atoms with Crippen molar-refractivity contribution in [3.05, 3.63) is 35.3 Å². The van der Waals surface area contributed by atoms with E-state index < -0.39 is 0 Å². The number of aryl methyl sites for hydroxylation is 1. The van der Waals surface area contributed by atoms with Crippen LogP contribution in [0.1, 0.15) is 21.6 Å². The molecule has 0 N–H and O–H groups in total. The summed E-state index contributed by atoms with van der Waals surface area (Å²) in [6.45, 7) is 1.85. The number of rotatable bonds is 2. The second-order valence-corrected chi connectivity index (χ2v) is 3.76. The van der Waals surface area contributed by atoms with Crippen LogP contribution in [0.5, 0.6) is 0 Å². The van der Waals surface area contributed by atoms with Crippen LogP contribution >= 0.6 is 11.6 Å². The van der Waals surface area contributed by atoms with Crippen molar-refractivity contribution < 1.29 is 9.53 Å². The Balaban J connectivity index is 2.60. The van der Waals surface area contributed by atoms with Gasteiger partial charge < -0.3 is 9.14 Å². The van der Waals surface area contributed by atoms with Crippen molar-refractivity contribution in [3.8, 4) is 0 Å². The topological polar surface area (TPSA) is 43.6 Å². The molecule has 16 heavy (non-hydrogen) atoms. The van der Waals surface area contributed by atoms with Gasteiger partial charge in [-0.05, 0) is 18.6 Å². The van der Waals surface area contributed by atoms with E-state index >= 15 is 0 Å². The van der Waals surface area contributed by atoms with Crippen molar-refractivity contribution in [2.75, 3.05) is 7.11 Å². The number of carbonyl (C=O) groups is 1. The first-order valence-corrected chi connectivity index (χ1v) is 5.31. The van der Waals surface area contributed by atoms with E-state index in [1.807, 2.05) is 13.0 Å². The van der Waals surface area contributed by atoms with Crippen molar-refractivity contribution >= 4 is 23.2 Å². The predicted molar refractivity (Wildman–Crippen MR) is 60.8 cm³/mol. The summed E-state index contributed by atoms with van der Waals surface area (Å²) in [6.07, 6.45) is 3.51. The minimum atomic E-state index is -0.347. The molecule has 0 saturated carbocycles. The molecule has 0 aliphatic rings. The number of hydrogen-bond donors (Lipinski definition) is 0. The minimum absolute atomic E-state index is 0.347. The van der Waals surface area contributed by atoms with Crippen LogP contribution in [-0.2, 0) is 10.6 Å². The van der Waals surface area contributed by atoms with Crippen LogP contribution < -0.4 is 0 Å². The molecule has 0 atom stereocenters. The zero-order chi connectivity index (χ0) is 11.7. The van der Waals surface area contributed by atoms with Crippen molar-refractivity contribution in [2.24, 2.45) is 0 Å². The molecule has 0 unspecified atom stereocenters. The standard InChI is InChI=1S/C11H11ClN2O2/c1-7-3-10-13-8(4-12)5-14(10)6-9(7)11(15)16-2/h3,5-6H,4H2,1-2H3. The molecule has 84 valence electrons. The highest BCUT2D eigenvalue weighted by Crippen LogP contribution is 2.14. The van der Waals surface area contributed by atoms with Gasteiger partial charge in [-0.15, -0.1) is 11.6 Å². The summed E-state index contributed by atoms with van der Waals surface area (Å²) < 4.78 is 6.48. The molecule has 0 saturated heterocycles. The largest absolute Gasteiger partial charge is 0.465 e. The first-order chi connectivity index (χ1) is 7.65. The Labute approximate surface area is 97.8 Å². The van der Waals surface area contributed by atoms with Gasteiger partial charge in [0.1, 0.15) is 5.65 Å². The lowest BCUT2D eigenvalue weighted by Gasteiger charge is -2.04. The van der Waals surface area contributed by atoms with Crippen LogP contribution in [0.25, 0.3) is 5.65 Å². The van der Waals surface area contributed by atoms with E-state index in [1.54, 1.807) is 16.8 Å². The molecule has 5 heteroatoms. The number of pyridine rings is 1. The molecular weight excluding hydrogens is 228 g/mol. The van der Waals surface area contributed by atoms with Crippen LogP contribution in [0, 0.1) is 6.92 Å². The van der Waals surface area contributed by atoms with Crippen molar-refractivity contribution in [1.29, 1.82) is 0 Å². The number of aromatic nitrogens is 2. The highest BCUT2D eigenvalue weighted by molar-refractivity contribution is 6.16. The first-order valence-electron chi connectivity index (χ1n) is 4.78. The summed E-state index contributed by atoms with van der Waals surface area (Å²) in [5.74, 6) is 0.00870. The number of methoxy groups -OCH3 is 1. The van der Waals surface area contributed by atoms with Gasteiger partial charge in [-0.1, -0.05) is 0 Å². The molecule has 0 radical (unpaired) electrons. The number of hydrogen-bond acceptors (Lipinski definition) is 3. The zero-order valence-corrected chi connectivity index (χ0v) is 9.78. The average molecular weight is 239 g/mol. The summed E-state index contributed by atoms with van der Waals surface area (Å²) in [5.41, 5.74) is 2.93. The fourth-order valence-corrected chi connectivity index (χ4v) is 1.70. The molecule has 2 rings (SSSR count). The number of imidazole rings is 1. The molecule has 0 bridgehead atoms. The summed E-state index contributed by atoms with van der Waals surface area (Å²) in [6, 6.07) is 1.84. The fourth-order valence-electron chi connectivity index (χ4n) is 1.57. The molecule has 0 amide bonds. The minimum Gasteiger partial charge on any atom is -0.465 e. The van der Waals surface area contributed by atoms with Crippen molar-refractivity contribution in [1.82, 2.24) is 9.38 Å². The highest BCUT2D eigenvalue weighted by atomic mass is 35.5. The number of alkyl halides is 1. The molecule has 4 nitrogen and oxygen atoms in total. The van der Waals surface area contributed by atoms with Gasteiger partial charge in [0, 0.05) is 12.4 Å². The summed E-state index contributed by atoms with van der Waals surface area (Å²) in [4.78, 5) is 15.8. The van der Waals surface area contributed by atoms with E-state index in [9.17, 15) is 4.79 Å². The number of esters is 1. The molecule has 0 fully saturated rings. The van der Waals surface area contributed by atoms with E-state index in [1.165, 1.54) is 7.11 Å². The smallest absolute Gasteiger partial charge is 0.339 e. The maximum atomic E-state index is 11.5. The lowest BCUT2D eigenvalue weighted by molar-refractivity contribution is 0.0599. The van der Waals surface area contributed by atoms with Crippen molar-refractivity contribution in [3.63, 3.8) is 0 Å². The van der Waals surface area contributed by atoms with Crippen LogP contribution in [-0.4, -0.2) is 22.5 Å². The van der Waals surface area contributed by atoms with Gasteiger partial charge in [-0.25, -0.2) is 9.78 Å². The number of nitrogens with zero attached hydrogens (tertiary/aromatic N) is 2. The van der Waals surface area contributed by atoms with Gasteiger partial charge in [0.05, 0.1) is 24.2 Å². The SMILES string of the molecule is COC(=O)c1cn2cc(CCl)nc2cc1C. The second kappa shape index (κ2) is 4.14. The quantitative estimate of drug-likeness (QED) is 0.595. The van der Waals surface area contributed by atoms with Gasteiger partial charge in [0.25, 0.3) is 0 Å². The van der Waals surface area contributed by atoms with Gasteiger partial charge in [-0.2, -0.15) is 0 Å². The lowest BCUT2D eigenvalue weighted by atomic mass is 10.1. The normalized spacial score (nSPS) is 10.7. The molecule has 0 aromatic carbocycles. The first kappa shape index (κ1) is 11.0. The monoisotopic (exact) mass is 238 g/mol. The third-order valence-electron chi connectivity index (χ3n) is 2.39. The number of fused-ring (bicyclic) bond motifs is 1. The fraction of sp³-hybridized carbons (Fsp3) is 0.273. The average Bonchev–Trinajstić information content (AvgIpc) is 2.68. The zero-order valence-electron chi connectivity index (χ0n) is 9.03. The molecule has 2 heterocycles. The molecule has 0 aliphatic carbocycles. The molecule has 2 aromatic heterocycles. The predicted octanol–water partition coefficient (Wildman–Crippen LogP) is 2.17. The van der Waals surface area contributed by atoms with Crippen LogP contribution in [0.2, 0.25) is 0 Å². The van der Waals surface area contributed by atoms with E-state index in [4.69, 9.17) is 16.3 Å². The summed E-state index contributed by atoms with van der Waals surface area (Å²) in [5, 5.41) is 0. The number of ether oxygens (including phenoxy) is 1. The third-order valence-corrected chi connectivity index (χ3v) is 2.67. The van der Waals surface area contributed by atoms with E-state index in [2.05, 4.69) is 4.98 Å². The lowest BCUT2D eigenvalue weighted by Crippen LogP contribution is -2.05. The molecule has 2 aromatic rings. The van der Waals surface area contributed by atoms with Gasteiger partial charge in [-0.3, -0.25) is 0 Å². The van der Waals surface area contributed by atoms with Crippen molar-refractivity contribution in [2.45, 2.75) is 12.8 Å². The third kappa shape index (κ3) is 1.76.